The number of carbonyl (C=O) groups excluding carboxylic acids is 3. The number of Topliss-reactive ketones (excluding diaryl/α,β-unsaturated/α-hetero) is 1. The first-order chi connectivity index (χ1) is 16.0. The van der Waals surface area contributed by atoms with Crippen molar-refractivity contribution in [2.24, 2.45) is 11.8 Å². The van der Waals surface area contributed by atoms with Crippen LogP contribution >= 0.6 is 11.3 Å². The average molecular weight is 455 g/mol. The predicted molar refractivity (Wildman–Crippen MR) is 128 cm³/mol. The standard InChI is InChI=1S/C27H22N2O3S/c1-15-9-10-19(16(2)14-15)29-26(31)21-22(27(29)32)24(25(30)20-8-5-13-33-20)28-12-11-17-6-3-4-7-18(17)23(21)28/h3-14,21-24H,1-2H3/t21-,22+,23?,24-/m0/s1. The van der Waals surface area contributed by atoms with Crippen LogP contribution in [-0.2, 0) is 9.59 Å². The highest BCUT2D eigenvalue weighted by molar-refractivity contribution is 7.12. The Kier molecular flexibility index (Phi) is 4.42. The Bertz CT molecular complexity index is 1340. The number of hydrogen-bond acceptors (Lipinski definition) is 5. The molecule has 3 aliphatic rings. The number of benzene rings is 2. The number of anilines is 1. The number of thiophene rings is 1. The summed E-state index contributed by atoms with van der Waals surface area (Å²) in [7, 11) is 0. The third-order valence-electron chi connectivity index (χ3n) is 7.09. The molecule has 33 heavy (non-hydrogen) atoms. The maximum absolute atomic E-state index is 13.9. The van der Waals surface area contributed by atoms with E-state index in [2.05, 4.69) is 0 Å². The van der Waals surface area contributed by atoms with Crippen LogP contribution in [0.3, 0.4) is 0 Å². The predicted octanol–water partition coefficient (Wildman–Crippen LogP) is 4.76. The highest BCUT2D eigenvalue weighted by Gasteiger charge is 2.64. The third kappa shape index (κ3) is 2.80. The number of imide groups is 1. The van der Waals surface area contributed by atoms with Crippen molar-refractivity contribution in [3.05, 3.63) is 93.3 Å². The lowest BCUT2D eigenvalue weighted by Gasteiger charge is -2.35. The lowest BCUT2D eigenvalue weighted by atomic mass is 9.84. The molecule has 2 amide bonds. The number of nitrogens with zero attached hydrogens (tertiary/aromatic N) is 2. The lowest BCUT2D eigenvalue weighted by molar-refractivity contribution is -0.123. The fraction of sp³-hybridized carbons (Fsp3) is 0.222. The second kappa shape index (κ2) is 7.25. The monoisotopic (exact) mass is 454 g/mol. The van der Waals surface area contributed by atoms with E-state index in [0.717, 1.165) is 22.3 Å². The summed E-state index contributed by atoms with van der Waals surface area (Å²) in [5.41, 5.74) is 4.56. The zero-order chi connectivity index (χ0) is 22.9. The summed E-state index contributed by atoms with van der Waals surface area (Å²) in [6.07, 6.45) is 3.86. The minimum atomic E-state index is -0.728. The maximum atomic E-state index is 13.9. The van der Waals surface area contributed by atoms with E-state index in [1.807, 2.05) is 84.9 Å². The van der Waals surface area contributed by atoms with E-state index >= 15 is 0 Å². The molecule has 1 aromatic heterocycles. The van der Waals surface area contributed by atoms with Gasteiger partial charge in [0.05, 0.1) is 28.4 Å². The zero-order valence-corrected chi connectivity index (χ0v) is 19.1. The topological polar surface area (TPSA) is 57.7 Å². The number of amides is 2. The van der Waals surface area contributed by atoms with E-state index in [9.17, 15) is 14.4 Å². The number of aryl methyl sites for hydroxylation is 2. The number of rotatable bonds is 3. The minimum absolute atomic E-state index is 0.102. The third-order valence-corrected chi connectivity index (χ3v) is 7.97. The first kappa shape index (κ1) is 20.1. The molecule has 4 atom stereocenters. The van der Waals surface area contributed by atoms with Crippen LogP contribution in [0.5, 0.6) is 0 Å². The molecule has 0 aliphatic carbocycles. The van der Waals surface area contributed by atoms with Crippen molar-refractivity contribution in [2.75, 3.05) is 4.90 Å². The van der Waals surface area contributed by atoms with Crippen molar-refractivity contribution >= 4 is 40.7 Å². The summed E-state index contributed by atoms with van der Waals surface area (Å²) in [6, 6.07) is 16.2. The normalized spacial score (nSPS) is 25.3. The van der Waals surface area contributed by atoms with E-state index in [4.69, 9.17) is 0 Å². The van der Waals surface area contributed by atoms with E-state index in [1.165, 1.54) is 16.2 Å². The van der Waals surface area contributed by atoms with Crippen molar-refractivity contribution in [2.45, 2.75) is 25.9 Å². The summed E-state index contributed by atoms with van der Waals surface area (Å²) >= 11 is 1.37. The Morgan fingerprint density at radius 2 is 1.73 bits per heavy atom. The van der Waals surface area contributed by atoms with E-state index in [-0.39, 0.29) is 23.6 Å². The molecule has 164 valence electrons. The van der Waals surface area contributed by atoms with Crippen molar-refractivity contribution < 1.29 is 14.4 Å². The maximum Gasteiger partial charge on any atom is 0.240 e. The first-order valence-corrected chi connectivity index (χ1v) is 11.9. The summed E-state index contributed by atoms with van der Waals surface area (Å²) < 4.78 is 0. The van der Waals surface area contributed by atoms with Gasteiger partial charge in [0.2, 0.25) is 11.8 Å². The Morgan fingerprint density at radius 1 is 0.939 bits per heavy atom. The first-order valence-electron chi connectivity index (χ1n) is 11.0. The van der Waals surface area contributed by atoms with E-state index in [0.29, 0.717) is 10.6 Å². The summed E-state index contributed by atoms with van der Waals surface area (Å²) in [4.78, 5) is 45.3. The van der Waals surface area contributed by atoms with Gasteiger partial charge < -0.3 is 4.90 Å². The quantitative estimate of drug-likeness (QED) is 0.423. The van der Waals surface area contributed by atoms with Crippen molar-refractivity contribution in [3.8, 4) is 0 Å². The summed E-state index contributed by atoms with van der Waals surface area (Å²) in [5.74, 6) is -1.95. The second-order valence-electron chi connectivity index (χ2n) is 8.98. The molecule has 0 N–H and O–H groups in total. The molecule has 2 fully saturated rings. The van der Waals surface area contributed by atoms with Gasteiger partial charge in [-0.1, -0.05) is 48.0 Å². The molecule has 6 heteroatoms. The van der Waals surface area contributed by atoms with Gasteiger partial charge in [0.25, 0.3) is 0 Å². The Hall–Kier alpha value is -3.51. The van der Waals surface area contributed by atoms with Crippen molar-refractivity contribution in [1.29, 1.82) is 0 Å². The van der Waals surface area contributed by atoms with Gasteiger partial charge in [0.1, 0.15) is 6.04 Å². The smallest absolute Gasteiger partial charge is 0.240 e. The molecule has 3 aliphatic heterocycles. The fourth-order valence-corrected chi connectivity index (χ4v) is 6.41. The molecule has 0 radical (unpaired) electrons. The molecule has 2 saturated heterocycles. The molecule has 0 spiro atoms. The van der Waals surface area contributed by atoms with Crippen LogP contribution < -0.4 is 4.90 Å². The highest BCUT2D eigenvalue weighted by atomic mass is 32.1. The van der Waals surface area contributed by atoms with Crippen LogP contribution in [0, 0.1) is 25.7 Å². The number of carbonyl (C=O) groups is 3. The molecular formula is C27H22N2O3S. The zero-order valence-electron chi connectivity index (χ0n) is 18.3. The van der Waals surface area contributed by atoms with Crippen LogP contribution in [0.25, 0.3) is 6.08 Å². The average Bonchev–Trinajstić information content (AvgIpc) is 3.51. The Balaban J connectivity index is 1.51. The molecule has 0 saturated carbocycles. The highest BCUT2D eigenvalue weighted by Crippen LogP contribution is 2.54. The second-order valence-corrected chi connectivity index (χ2v) is 9.92. The van der Waals surface area contributed by atoms with Crippen molar-refractivity contribution in [3.63, 3.8) is 0 Å². The van der Waals surface area contributed by atoms with Gasteiger partial charge in [0, 0.05) is 6.20 Å². The van der Waals surface area contributed by atoms with Gasteiger partial charge >= 0.3 is 0 Å². The fourth-order valence-electron chi connectivity index (χ4n) is 5.72. The van der Waals surface area contributed by atoms with Gasteiger partial charge in [-0.15, -0.1) is 11.3 Å². The van der Waals surface area contributed by atoms with Gasteiger partial charge in [-0.05, 0) is 54.1 Å². The van der Waals surface area contributed by atoms with Gasteiger partial charge in [-0.3, -0.25) is 14.4 Å². The molecule has 3 aromatic rings. The van der Waals surface area contributed by atoms with E-state index < -0.39 is 17.9 Å². The van der Waals surface area contributed by atoms with Crippen LogP contribution in [0.1, 0.15) is 38.0 Å². The molecule has 0 bridgehead atoms. The largest absolute Gasteiger partial charge is 0.358 e. The molecule has 2 aromatic carbocycles. The molecule has 1 unspecified atom stereocenters. The van der Waals surface area contributed by atoms with Gasteiger partial charge in [-0.25, -0.2) is 4.90 Å². The summed E-state index contributed by atoms with van der Waals surface area (Å²) in [5, 5.41) is 1.86. The van der Waals surface area contributed by atoms with Crippen molar-refractivity contribution in [1.82, 2.24) is 4.90 Å². The Morgan fingerprint density at radius 3 is 2.48 bits per heavy atom. The Labute approximate surface area is 195 Å². The minimum Gasteiger partial charge on any atom is -0.358 e. The number of fused-ring (bicyclic) bond motifs is 5. The lowest BCUT2D eigenvalue weighted by Crippen LogP contribution is -2.44. The molecule has 5 nitrogen and oxygen atoms in total. The molecule has 4 heterocycles. The molecule has 6 rings (SSSR count). The van der Waals surface area contributed by atoms with Crippen LogP contribution in [-0.4, -0.2) is 28.5 Å². The van der Waals surface area contributed by atoms with Gasteiger partial charge in [0.15, 0.2) is 5.78 Å². The number of hydrogen-bond donors (Lipinski definition) is 0. The van der Waals surface area contributed by atoms with Crippen LogP contribution in [0.15, 0.2) is 66.2 Å². The van der Waals surface area contributed by atoms with Crippen LogP contribution in [0.2, 0.25) is 0 Å². The van der Waals surface area contributed by atoms with E-state index in [1.54, 1.807) is 6.07 Å². The molecular weight excluding hydrogens is 432 g/mol. The van der Waals surface area contributed by atoms with Crippen LogP contribution in [0.4, 0.5) is 5.69 Å². The van der Waals surface area contributed by atoms with Gasteiger partial charge in [-0.2, -0.15) is 0 Å². The number of ketones is 1. The summed E-state index contributed by atoms with van der Waals surface area (Å²) in [6.45, 7) is 3.90. The SMILES string of the molecule is Cc1ccc(N2C(=O)[C@@H]3[C@H](C2=O)C2c4ccccc4C=CN2[C@@H]3C(=O)c2cccs2)c(C)c1.